The number of amides is 2. The van der Waals surface area contributed by atoms with Crippen molar-refractivity contribution in [3.05, 3.63) is 75.9 Å². The molecule has 3 aromatic rings. The topological polar surface area (TPSA) is 62.6 Å². The van der Waals surface area contributed by atoms with Crippen molar-refractivity contribution in [2.45, 2.75) is 13.5 Å². The third-order valence-corrected chi connectivity index (χ3v) is 4.54. The van der Waals surface area contributed by atoms with Crippen molar-refractivity contribution < 1.29 is 14.0 Å². The van der Waals surface area contributed by atoms with Gasteiger partial charge in [0.15, 0.2) is 0 Å². The number of hydrogen-bond acceptors (Lipinski definition) is 4. The zero-order chi connectivity index (χ0) is 17.8. The number of nitrogens with zero attached hydrogens (tertiary/aromatic N) is 1. The van der Waals surface area contributed by atoms with Crippen molar-refractivity contribution in [3.63, 3.8) is 0 Å². The molecule has 3 rings (SSSR count). The van der Waals surface area contributed by atoms with E-state index in [0.717, 1.165) is 11.5 Å². The second kappa shape index (κ2) is 7.36. The third-order valence-electron chi connectivity index (χ3n) is 3.67. The average Bonchev–Trinajstić information content (AvgIpc) is 3.27. The number of carbonyl (C=O) groups is 2. The van der Waals surface area contributed by atoms with Gasteiger partial charge >= 0.3 is 0 Å². The van der Waals surface area contributed by atoms with Crippen LogP contribution in [-0.2, 0) is 6.54 Å². The number of benzene rings is 1. The van der Waals surface area contributed by atoms with Crippen molar-refractivity contribution in [2.24, 2.45) is 0 Å². The maximum Gasteiger partial charge on any atom is 0.265 e. The molecule has 1 N–H and O–H groups in total. The van der Waals surface area contributed by atoms with Crippen LogP contribution in [0.5, 0.6) is 0 Å². The van der Waals surface area contributed by atoms with E-state index in [2.05, 4.69) is 5.32 Å². The molecule has 0 aliphatic carbocycles. The second-order valence-electron chi connectivity index (χ2n) is 5.68. The fraction of sp³-hybridized carbons (Fsp3) is 0.158. The summed E-state index contributed by atoms with van der Waals surface area (Å²) in [4.78, 5) is 26.7. The Kier molecular flexibility index (Phi) is 5.00. The van der Waals surface area contributed by atoms with Gasteiger partial charge in [0.25, 0.3) is 11.8 Å². The smallest absolute Gasteiger partial charge is 0.265 e. The van der Waals surface area contributed by atoms with Crippen LogP contribution >= 0.6 is 11.3 Å². The SMILES string of the molecule is Cc1ccc(CN(C)C(=O)c2ccc(NC(=O)c3cccs3)cc2)o1. The van der Waals surface area contributed by atoms with Crippen molar-refractivity contribution in [2.75, 3.05) is 12.4 Å². The Balaban J connectivity index is 1.63. The molecule has 0 saturated carbocycles. The van der Waals surface area contributed by atoms with E-state index in [0.29, 0.717) is 22.7 Å². The molecule has 128 valence electrons. The van der Waals surface area contributed by atoms with E-state index >= 15 is 0 Å². The van der Waals surface area contributed by atoms with E-state index < -0.39 is 0 Å². The van der Waals surface area contributed by atoms with Crippen LogP contribution in [0.2, 0.25) is 0 Å². The Labute approximate surface area is 149 Å². The molecule has 0 radical (unpaired) electrons. The van der Waals surface area contributed by atoms with E-state index in [9.17, 15) is 9.59 Å². The number of aryl methyl sites for hydroxylation is 1. The van der Waals surface area contributed by atoms with E-state index in [1.807, 2.05) is 30.5 Å². The lowest BCUT2D eigenvalue weighted by molar-refractivity contribution is 0.0775. The molecule has 1 aromatic carbocycles. The maximum absolute atomic E-state index is 12.5. The van der Waals surface area contributed by atoms with Crippen LogP contribution in [0.1, 0.15) is 31.6 Å². The molecule has 0 aliphatic heterocycles. The fourth-order valence-corrected chi connectivity index (χ4v) is 3.01. The summed E-state index contributed by atoms with van der Waals surface area (Å²) >= 11 is 1.38. The van der Waals surface area contributed by atoms with Crippen molar-refractivity contribution in [1.29, 1.82) is 0 Å². The minimum absolute atomic E-state index is 0.106. The van der Waals surface area contributed by atoms with Crippen LogP contribution in [0.15, 0.2) is 58.3 Å². The zero-order valence-electron chi connectivity index (χ0n) is 14.0. The molecule has 5 nitrogen and oxygen atoms in total. The zero-order valence-corrected chi connectivity index (χ0v) is 14.8. The van der Waals surface area contributed by atoms with Gasteiger partial charge in [0.2, 0.25) is 0 Å². The van der Waals surface area contributed by atoms with E-state index in [1.54, 1.807) is 42.3 Å². The molecular weight excluding hydrogens is 336 g/mol. The lowest BCUT2D eigenvalue weighted by Gasteiger charge is -2.16. The second-order valence-corrected chi connectivity index (χ2v) is 6.63. The monoisotopic (exact) mass is 354 g/mol. The average molecular weight is 354 g/mol. The molecule has 0 spiro atoms. The number of thiophene rings is 1. The Hall–Kier alpha value is -2.86. The standard InChI is InChI=1S/C19H18N2O3S/c1-13-5-10-16(24-13)12-21(2)19(23)14-6-8-15(9-7-14)20-18(22)17-4-3-11-25-17/h3-11H,12H2,1-2H3,(H,20,22). The van der Waals surface area contributed by atoms with Gasteiger partial charge in [-0.1, -0.05) is 6.07 Å². The van der Waals surface area contributed by atoms with Gasteiger partial charge in [-0.05, 0) is 54.8 Å². The van der Waals surface area contributed by atoms with E-state index in [1.165, 1.54) is 11.3 Å². The van der Waals surface area contributed by atoms with Gasteiger partial charge in [0.05, 0.1) is 11.4 Å². The fourth-order valence-electron chi connectivity index (χ4n) is 2.39. The highest BCUT2D eigenvalue weighted by atomic mass is 32.1. The van der Waals surface area contributed by atoms with Crippen molar-refractivity contribution in [3.8, 4) is 0 Å². The summed E-state index contributed by atoms with van der Waals surface area (Å²) in [5.74, 6) is 1.31. The summed E-state index contributed by atoms with van der Waals surface area (Å²) in [6, 6.07) is 14.2. The molecule has 0 aliphatic rings. The summed E-state index contributed by atoms with van der Waals surface area (Å²) < 4.78 is 5.50. The van der Waals surface area contributed by atoms with Gasteiger partial charge in [0.1, 0.15) is 11.5 Å². The van der Waals surface area contributed by atoms with Gasteiger partial charge in [-0.3, -0.25) is 9.59 Å². The molecule has 0 fully saturated rings. The normalized spacial score (nSPS) is 10.5. The third kappa shape index (κ3) is 4.16. The number of hydrogen-bond donors (Lipinski definition) is 1. The molecule has 0 atom stereocenters. The Bertz CT molecular complexity index is 866. The minimum atomic E-state index is -0.153. The first kappa shape index (κ1) is 17.0. The molecule has 0 bridgehead atoms. The predicted molar refractivity (Wildman–Crippen MR) is 98.0 cm³/mol. The highest BCUT2D eigenvalue weighted by Crippen LogP contribution is 2.16. The van der Waals surface area contributed by atoms with E-state index in [4.69, 9.17) is 4.42 Å². The Morgan fingerprint density at radius 3 is 2.48 bits per heavy atom. The van der Waals surface area contributed by atoms with E-state index in [-0.39, 0.29) is 11.8 Å². The Morgan fingerprint density at radius 1 is 1.12 bits per heavy atom. The molecular formula is C19H18N2O3S. The molecule has 25 heavy (non-hydrogen) atoms. The summed E-state index contributed by atoms with van der Waals surface area (Å²) in [6.07, 6.45) is 0. The van der Waals surface area contributed by atoms with Crippen LogP contribution in [0.4, 0.5) is 5.69 Å². The summed E-state index contributed by atoms with van der Waals surface area (Å²) in [7, 11) is 1.73. The maximum atomic E-state index is 12.5. The number of anilines is 1. The lowest BCUT2D eigenvalue weighted by Crippen LogP contribution is -2.26. The summed E-state index contributed by atoms with van der Waals surface area (Å²) in [5.41, 5.74) is 1.21. The highest BCUT2D eigenvalue weighted by molar-refractivity contribution is 7.12. The molecule has 2 heterocycles. The first-order valence-electron chi connectivity index (χ1n) is 7.78. The first-order valence-corrected chi connectivity index (χ1v) is 8.66. The van der Waals surface area contributed by atoms with Gasteiger partial charge in [-0.2, -0.15) is 0 Å². The minimum Gasteiger partial charge on any atom is -0.464 e. The van der Waals surface area contributed by atoms with Crippen molar-refractivity contribution in [1.82, 2.24) is 4.90 Å². The van der Waals surface area contributed by atoms with Crippen LogP contribution in [-0.4, -0.2) is 23.8 Å². The van der Waals surface area contributed by atoms with Crippen LogP contribution in [0.25, 0.3) is 0 Å². The van der Waals surface area contributed by atoms with Crippen LogP contribution in [0.3, 0.4) is 0 Å². The van der Waals surface area contributed by atoms with Gasteiger partial charge < -0.3 is 14.6 Å². The highest BCUT2D eigenvalue weighted by Gasteiger charge is 2.14. The van der Waals surface area contributed by atoms with Gasteiger partial charge in [-0.15, -0.1) is 11.3 Å². The molecule has 2 amide bonds. The quantitative estimate of drug-likeness (QED) is 0.748. The predicted octanol–water partition coefficient (Wildman–Crippen LogP) is 4.17. The number of nitrogens with one attached hydrogen (secondary N) is 1. The summed E-state index contributed by atoms with van der Waals surface area (Å²) in [5, 5.41) is 4.67. The molecule has 6 heteroatoms. The van der Waals surface area contributed by atoms with Crippen LogP contribution < -0.4 is 5.32 Å². The van der Waals surface area contributed by atoms with Crippen LogP contribution in [0, 0.1) is 6.92 Å². The molecule has 0 saturated heterocycles. The molecule has 0 unspecified atom stereocenters. The number of carbonyl (C=O) groups excluding carboxylic acids is 2. The van der Waals surface area contributed by atoms with Crippen molar-refractivity contribution >= 4 is 28.8 Å². The largest absolute Gasteiger partial charge is 0.464 e. The molecule has 2 aromatic heterocycles. The first-order chi connectivity index (χ1) is 12.0. The Morgan fingerprint density at radius 2 is 1.88 bits per heavy atom. The van der Waals surface area contributed by atoms with Gasteiger partial charge in [0, 0.05) is 18.3 Å². The van der Waals surface area contributed by atoms with Gasteiger partial charge in [-0.25, -0.2) is 0 Å². The number of furan rings is 1. The number of rotatable bonds is 5. The lowest BCUT2D eigenvalue weighted by atomic mass is 10.2. The summed E-state index contributed by atoms with van der Waals surface area (Å²) in [6.45, 7) is 2.28.